The first-order valence-corrected chi connectivity index (χ1v) is 14.2. The molecule has 1 aliphatic carbocycles. The lowest BCUT2D eigenvalue weighted by Crippen LogP contribution is -2.55. The molecule has 1 saturated heterocycles. The van der Waals surface area contributed by atoms with Gasteiger partial charge in [-0.2, -0.15) is 0 Å². The third kappa shape index (κ3) is 6.37. The number of amides is 2. The van der Waals surface area contributed by atoms with Gasteiger partial charge in [-0.1, -0.05) is 42.5 Å². The third-order valence-electron chi connectivity index (χ3n) is 7.53. The van der Waals surface area contributed by atoms with Gasteiger partial charge >= 0.3 is 6.09 Å². The fourth-order valence-corrected chi connectivity index (χ4v) is 6.48. The molecule has 2 N–H and O–H groups in total. The summed E-state index contributed by atoms with van der Waals surface area (Å²) in [4.78, 5) is 28.7. The lowest BCUT2D eigenvalue weighted by atomic mass is 9.83. The number of ether oxygens (including phenoxy) is 1. The van der Waals surface area contributed by atoms with Crippen LogP contribution in [0.5, 0.6) is 0 Å². The first kappa shape index (κ1) is 28.1. The van der Waals surface area contributed by atoms with Crippen LogP contribution in [0.25, 0.3) is 10.9 Å². The zero-order valence-electron chi connectivity index (χ0n) is 22.2. The Morgan fingerprint density at radius 3 is 2.49 bits per heavy atom. The minimum Gasteiger partial charge on any atom is -0.444 e. The second kappa shape index (κ2) is 11.4. The molecule has 204 valence electrons. The van der Waals surface area contributed by atoms with E-state index in [1.165, 1.54) is 0 Å². The fraction of sp³-hybridized carbons (Fsp3) is 0.643. The number of nitrogens with one attached hydrogen (secondary N) is 1. The van der Waals surface area contributed by atoms with E-state index >= 15 is 0 Å². The highest BCUT2D eigenvalue weighted by atomic mass is 35.5. The Kier molecular flexibility index (Phi) is 8.66. The number of halogens is 2. The Morgan fingerprint density at radius 1 is 1.14 bits per heavy atom. The SMILES string of the molecule is CC(O)c1c(Cl)n(C[C@@H]2CCCN2C(=O)[C@@H](NC(=O)OC(C)(C)C)C2CCCCC2)c2ccc(Cl)cc12. The minimum atomic E-state index is -0.759. The fourth-order valence-electron chi connectivity index (χ4n) is 5.89. The summed E-state index contributed by atoms with van der Waals surface area (Å²) < 4.78 is 7.49. The van der Waals surface area contributed by atoms with Crippen molar-refractivity contribution >= 4 is 46.1 Å². The molecule has 2 fully saturated rings. The number of carbonyl (C=O) groups excluding carboxylic acids is 2. The molecule has 1 unspecified atom stereocenters. The van der Waals surface area contributed by atoms with Gasteiger partial charge in [0, 0.05) is 40.6 Å². The number of carbonyl (C=O) groups is 2. The van der Waals surface area contributed by atoms with E-state index in [4.69, 9.17) is 27.9 Å². The predicted molar refractivity (Wildman–Crippen MR) is 147 cm³/mol. The van der Waals surface area contributed by atoms with Crippen LogP contribution in [0.15, 0.2) is 18.2 Å². The van der Waals surface area contributed by atoms with Crippen molar-refractivity contribution in [2.75, 3.05) is 6.54 Å². The maximum Gasteiger partial charge on any atom is 0.408 e. The van der Waals surface area contributed by atoms with E-state index in [1.807, 2.05) is 48.4 Å². The van der Waals surface area contributed by atoms with Gasteiger partial charge in [0.05, 0.1) is 6.10 Å². The summed E-state index contributed by atoms with van der Waals surface area (Å²) in [6.07, 6.45) is 5.51. The molecule has 1 aliphatic heterocycles. The molecule has 4 rings (SSSR count). The van der Waals surface area contributed by atoms with Gasteiger partial charge in [-0.25, -0.2) is 4.79 Å². The van der Waals surface area contributed by atoms with Crippen molar-refractivity contribution in [1.82, 2.24) is 14.8 Å². The summed E-state index contributed by atoms with van der Waals surface area (Å²) in [5.41, 5.74) is 0.874. The Hall–Kier alpha value is -1.96. The van der Waals surface area contributed by atoms with Crippen molar-refractivity contribution in [1.29, 1.82) is 0 Å². The molecule has 0 spiro atoms. The average molecular weight is 553 g/mol. The highest BCUT2D eigenvalue weighted by Crippen LogP contribution is 2.37. The van der Waals surface area contributed by atoms with Gasteiger partial charge in [0.25, 0.3) is 0 Å². The maximum absolute atomic E-state index is 14.0. The van der Waals surface area contributed by atoms with Gasteiger partial charge in [0.15, 0.2) is 0 Å². The molecule has 9 heteroatoms. The van der Waals surface area contributed by atoms with Crippen LogP contribution < -0.4 is 5.32 Å². The minimum absolute atomic E-state index is 0.0494. The molecule has 7 nitrogen and oxygen atoms in total. The normalized spacial score (nSPS) is 20.7. The van der Waals surface area contributed by atoms with Crippen LogP contribution in [0.2, 0.25) is 10.2 Å². The molecule has 2 aliphatic rings. The molecule has 1 aromatic carbocycles. The van der Waals surface area contributed by atoms with Crippen molar-refractivity contribution in [3.05, 3.63) is 33.9 Å². The van der Waals surface area contributed by atoms with Crippen LogP contribution in [-0.4, -0.2) is 50.8 Å². The van der Waals surface area contributed by atoms with Crippen molar-refractivity contribution in [3.63, 3.8) is 0 Å². The first-order chi connectivity index (χ1) is 17.5. The Balaban J connectivity index is 1.60. The number of rotatable bonds is 6. The molecule has 0 bridgehead atoms. The number of benzene rings is 1. The van der Waals surface area contributed by atoms with E-state index in [1.54, 1.807) is 6.92 Å². The van der Waals surface area contributed by atoms with Crippen LogP contribution in [0.1, 0.15) is 84.3 Å². The lowest BCUT2D eigenvalue weighted by Gasteiger charge is -2.35. The maximum atomic E-state index is 14.0. The summed E-state index contributed by atoms with van der Waals surface area (Å²) in [6, 6.07) is 4.85. The standard InChI is InChI=1S/C28H39Cl2N3O4/c1-17(34)23-21-15-19(29)12-13-22(21)33(25(23)30)16-20-11-8-14-32(20)26(35)24(18-9-6-5-7-10-18)31-27(36)37-28(2,3)4/h12-13,15,17-18,20,24,34H,5-11,14,16H2,1-4H3,(H,31,36)/t17?,20-,24-/m0/s1. The van der Waals surface area contributed by atoms with E-state index in [9.17, 15) is 14.7 Å². The van der Waals surface area contributed by atoms with E-state index in [2.05, 4.69) is 5.32 Å². The molecular formula is C28H39Cl2N3O4. The molecule has 3 atom stereocenters. The second-order valence-corrected chi connectivity index (χ2v) is 12.3. The number of aromatic nitrogens is 1. The molecule has 1 saturated carbocycles. The van der Waals surface area contributed by atoms with Crippen LogP contribution in [0, 0.1) is 5.92 Å². The Bertz CT molecular complexity index is 1130. The lowest BCUT2D eigenvalue weighted by molar-refractivity contribution is -0.136. The van der Waals surface area contributed by atoms with Gasteiger partial charge in [0.2, 0.25) is 5.91 Å². The summed E-state index contributed by atoms with van der Waals surface area (Å²) >= 11 is 13.1. The number of hydrogen-bond donors (Lipinski definition) is 2. The average Bonchev–Trinajstić information content (AvgIpc) is 3.38. The van der Waals surface area contributed by atoms with Gasteiger partial charge in [-0.15, -0.1) is 0 Å². The summed E-state index contributed by atoms with van der Waals surface area (Å²) in [6.45, 7) is 8.28. The van der Waals surface area contributed by atoms with E-state index < -0.39 is 23.8 Å². The highest BCUT2D eigenvalue weighted by Gasteiger charge is 2.39. The molecule has 2 aromatic rings. The topological polar surface area (TPSA) is 83.8 Å². The third-order valence-corrected chi connectivity index (χ3v) is 8.17. The van der Waals surface area contributed by atoms with Gasteiger partial charge < -0.3 is 24.6 Å². The largest absolute Gasteiger partial charge is 0.444 e. The second-order valence-electron chi connectivity index (χ2n) is 11.5. The molecule has 2 amide bonds. The molecule has 2 heterocycles. The number of hydrogen-bond acceptors (Lipinski definition) is 4. The van der Waals surface area contributed by atoms with Crippen molar-refractivity contribution in [2.24, 2.45) is 5.92 Å². The highest BCUT2D eigenvalue weighted by molar-refractivity contribution is 6.33. The quantitative estimate of drug-likeness (QED) is 0.431. The van der Waals surface area contributed by atoms with Crippen molar-refractivity contribution in [3.8, 4) is 0 Å². The summed E-state index contributed by atoms with van der Waals surface area (Å²) in [5.74, 6) is 0.0432. The van der Waals surface area contributed by atoms with Crippen LogP contribution in [0.4, 0.5) is 4.79 Å². The van der Waals surface area contributed by atoms with Gasteiger partial charge in [-0.3, -0.25) is 4.79 Å². The molecule has 1 aromatic heterocycles. The number of nitrogens with zero attached hydrogens (tertiary/aromatic N) is 2. The van der Waals surface area contributed by atoms with E-state index in [0.29, 0.717) is 28.8 Å². The molecule has 37 heavy (non-hydrogen) atoms. The number of alkyl carbamates (subject to hydrolysis) is 1. The van der Waals surface area contributed by atoms with Crippen molar-refractivity contribution in [2.45, 2.75) is 103 Å². The molecular weight excluding hydrogens is 513 g/mol. The molecule has 0 radical (unpaired) electrons. The Labute approximate surface area is 229 Å². The zero-order valence-corrected chi connectivity index (χ0v) is 23.7. The van der Waals surface area contributed by atoms with Crippen LogP contribution in [-0.2, 0) is 16.1 Å². The number of aliphatic hydroxyl groups is 1. The van der Waals surface area contributed by atoms with Crippen LogP contribution >= 0.6 is 23.2 Å². The van der Waals surface area contributed by atoms with Gasteiger partial charge in [0.1, 0.15) is 16.8 Å². The van der Waals surface area contributed by atoms with E-state index in [0.717, 1.165) is 55.8 Å². The van der Waals surface area contributed by atoms with Crippen molar-refractivity contribution < 1.29 is 19.4 Å². The van der Waals surface area contributed by atoms with Gasteiger partial charge in [-0.05, 0) is 77.5 Å². The predicted octanol–water partition coefficient (Wildman–Crippen LogP) is 6.47. The smallest absolute Gasteiger partial charge is 0.408 e. The first-order valence-electron chi connectivity index (χ1n) is 13.4. The number of fused-ring (bicyclic) bond motifs is 1. The zero-order chi connectivity index (χ0) is 26.9. The van der Waals surface area contributed by atoms with Crippen LogP contribution in [0.3, 0.4) is 0 Å². The van der Waals surface area contributed by atoms with E-state index in [-0.39, 0.29) is 17.9 Å². The Morgan fingerprint density at radius 2 is 1.84 bits per heavy atom. The number of aliphatic hydroxyl groups excluding tert-OH is 1. The summed E-state index contributed by atoms with van der Waals surface area (Å²) in [5, 5.41) is 15.2. The number of likely N-dealkylation sites (tertiary alicyclic amines) is 1. The monoisotopic (exact) mass is 551 g/mol. The summed E-state index contributed by atoms with van der Waals surface area (Å²) in [7, 11) is 0.